The van der Waals surface area contributed by atoms with Gasteiger partial charge in [0.1, 0.15) is 10.8 Å². The highest BCUT2D eigenvalue weighted by Gasteiger charge is 2.32. The van der Waals surface area contributed by atoms with Crippen molar-refractivity contribution in [3.63, 3.8) is 0 Å². The monoisotopic (exact) mass is 332 g/mol. The predicted octanol–water partition coefficient (Wildman–Crippen LogP) is 1.31. The molecule has 0 bridgehead atoms. The van der Waals surface area contributed by atoms with Crippen LogP contribution in [0.15, 0.2) is 23.1 Å². The fourth-order valence-corrected chi connectivity index (χ4v) is 3.93. The Bertz CT molecular complexity index is 655. The van der Waals surface area contributed by atoms with Gasteiger partial charge in [-0.25, -0.2) is 17.5 Å². The van der Waals surface area contributed by atoms with Gasteiger partial charge in [0.25, 0.3) is 0 Å². The summed E-state index contributed by atoms with van der Waals surface area (Å²) in [6.45, 7) is 2.56. The molecule has 1 unspecified atom stereocenters. The van der Waals surface area contributed by atoms with Gasteiger partial charge in [0.2, 0.25) is 10.0 Å². The number of halogens is 1. The first kappa shape index (κ1) is 16.3. The summed E-state index contributed by atoms with van der Waals surface area (Å²) in [4.78, 5) is -0.548. The zero-order valence-corrected chi connectivity index (χ0v) is 13.2. The molecule has 0 spiro atoms. The van der Waals surface area contributed by atoms with Crippen molar-refractivity contribution in [2.75, 3.05) is 13.2 Å². The zero-order chi connectivity index (χ0) is 15.7. The van der Waals surface area contributed by atoms with Gasteiger partial charge in [0, 0.05) is 13.2 Å². The lowest BCUT2D eigenvalue weighted by atomic mass is 10.0. The highest BCUT2D eigenvalue weighted by molar-refractivity contribution is 7.89. The first-order chi connectivity index (χ1) is 9.75. The van der Waals surface area contributed by atoms with Crippen molar-refractivity contribution in [1.82, 2.24) is 4.72 Å². The molecule has 1 fully saturated rings. The standard InChI is InChI=1S/C13H17FN2O3S2/c1-13(6-3-7-19-13)8-16-21(17,18)10-5-2-4-9(14)11(10)12(15)20/h2,4-5,16H,3,6-8H2,1H3,(H2,15,20). The molecule has 1 aromatic rings. The van der Waals surface area contributed by atoms with Crippen LogP contribution in [0.5, 0.6) is 0 Å². The van der Waals surface area contributed by atoms with E-state index in [1.54, 1.807) is 0 Å². The van der Waals surface area contributed by atoms with E-state index in [1.165, 1.54) is 12.1 Å². The summed E-state index contributed by atoms with van der Waals surface area (Å²) in [5.41, 5.74) is 4.63. The second-order valence-electron chi connectivity index (χ2n) is 5.20. The molecule has 116 valence electrons. The molecule has 8 heteroatoms. The van der Waals surface area contributed by atoms with Crippen molar-refractivity contribution in [3.8, 4) is 0 Å². The molecule has 1 aliphatic heterocycles. The Morgan fingerprint density at radius 2 is 2.29 bits per heavy atom. The van der Waals surface area contributed by atoms with Crippen LogP contribution in [-0.4, -0.2) is 32.2 Å². The van der Waals surface area contributed by atoms with Crippen LogP contribution >= 0.6 is 12.2 Å². The number of hydrogen-bond acceptors (Lipinski definition) is 4. The number of ether oxygens (including phenoxy) is 1. The van der Waals surface area contributed by atoms with Crippen molar-refractivity contribution in [2.24, 2.45) is 5.73 Å². The highest BCUT2D eigenvalue weighted by atomic mass is 32.2. The van der Waals surface area contributed by atoms with E-state index in [9.17, 15) is 12.8 Å². The molecule has 2 rings (SSSR count). The molecule has 1 atom stereocenters. The van der Waals surface area contributed by atoms with Crippen LogP contribution in [0.1, 0.15) is 25.3 Å². The highest BCUT2D eigenvalue weighted by Crippen LogP contribution is 2.25. The topological polar surface area (TPSA) is 81.4 Å². The summed E-state index contributed by atoms with van der Waals surface area (Å²) in [5, 5.41) is 0. The third kappa shape index (κ3) is 3.57. The lowest BCUT2D eigenvalue weighted by Gasteiger charge is -2.23. The zero-order valence-electron chi connectivity index (χ0n) is 11.6. The van der Waals surface area contributed by atoms with Gasteiger partial charge in [-0.15, -0.1) is 0 Å². The Hall–Kier alpha value is -1.09. The summed E-state index contributed by atoms with van der Waals surface area (Å²) in [7, 11) is -3.92. The Morgan fingerprint density at radius 1 is 1.57 bits per heavy atom. The number of rotatable bonds is 5. The Balaban J connectivity index is 2.28. The molecule has 21 heavy (non-hydrogen) atoms. The maximum atomic E-state index is 13.8. The van der Waals surface area contributed by atoms with Gasteiger partial charge in [0.15, 0.2) is 0 Å². The van der Waals surface area contributed by atoms with E-state index in [1.807, 2.05) is 6.92 Å². The van der Waals surface area contributed by atoms with Crippen LogP contribution in [0.2, 0.25) is 0 Å². The molecule has 1 aromatic carbocycles. The van der Waals surface area contributed by atoms with E-state index in [2.05, 4.69) is 4.72 Å². The molecule has 3 N–H and O–H groups in total. The molecule has 5 nitrogen and oxygen atoms in total. The van der Waals surface area contributed by atoms with E-state index in [4.69, 9.17) is 22.7 Å². The molecule has 0 aromatic heterocycles. The van der Waals surface area contributed by atoms with Gasteiger partial charge < -0.3 is 10.5 Å². The molecule has 1 heterocycles. The minimum absolute atomic E-state index is 0.114. The van der Waals surface area contributed by atoms with Crippen molar-refractivity contribution in [3.05, 3.63) is 29.6 Å². The molecule has 0 aliphatic carbocycles. The van der Waals surface area contributed by atoms with Crippen LogP contribution in [-0.2, 0) is 14.8 Å². The average Bonchev–Trinajstić information content (AvgIpc) is 2.83. The first-order valence-corrected chi connectivity index (χ1v) is 8.36. The van der Waals surface area contributed by atoms with E-state index in [-0.39, 0.29) is 22.0 Å². The fourth-order valence-electron chi connectivity index (χ4n) is 2.27. The third-order valence-electron chi connectivity index (χ3n) is 3.45. The number of thiocarbonyl (C=S) groups is 1. The van der Waals surface area contributed by atoms with E-state index in [0.717, 1.165) is 18.9 Å². The van der Waals surface area contributed by atoms with Crippen LogP contribution in [0.25, 0.3) is 0 Å². The first-order valence-electron chi connectivity index (χ1n) is 6.47. The Morgan fingerprint density at radius 3 is 2.86 bits per heavy atom. The van der Waals surface area contributed by atoms with E-state index < -0.39 is 21.4 Å². The summed E-state index contributed by atoms with van der Waals surface area (Å²) in [6.07, 6.45) is 1.65. The maximum Gasteiger partial charge on any atom is 0.241 e. The van der Waals surface area contributed by atoms with Crippen LogP contribution in [0, 0.1) is 5.82 Å². The molecule has 0 saturated carbocycles. The SMILES string of the molecule is CC1(CNS(=O)(=O)c2cccc(F)c2C(N)=S)CCCO1. The molecule has 1 saturated heterocycles. The van der Waals surface area contributed by atoms with Gasteiger partial charge in [-0.1, -0.05) is 18.3 Å². The number of hydrogen-bond donors (Lipinski definition) is 2. The van der Waals surface area contributed by atoms with Gasteiger partial charge in [-0.2, -0.15) is 0 Å². The predicted molar refractivity (Wildman–Crippen MR) is 81.1 cm³/mol. The second-order valence-corrected chi connectivity index (χ2v) is 7.38. The van der Waals surface area contributed by atoms with Crippen molar-refractivity contribution in [2.45, 2.75) is 30.3 Å². The molecule has 0 radical (unpaired) electrons. The fraction of sp³-hybridized carbons (Fsp3) is 0.462. The summed E-state index contributed by atoms with van der Waals surface area (Å²) < 4.78 is 46.5. The van der Waals surface area contributed by atoms with E-state index >= 15 is 0 Å². The minimum Gasteiger partial charge on any atom is -0.389 e. The smallest absolute Gasteiger partial charge is 0.241 e. The van der Waals surface area contributed by atoms with Crippen molar-refractivity contribution >= 4 is 27.2 Å². The number of nitrogens with two attached hydrogens (primary N) is 1. The number of sulfonamides is 1. The third-order valence-corrected chi connectivity index (χ3v) is 5.10. The molecule has 1 aliphatic rings. The normalized spacial score (nSPS) is 22.4. The lowest BCUT2D eigenvalue weighted by molar-refractivity contribution is 0.0250. The van der Waals surface area contributed by atoms with Gasteiger partial charge in [-0.05, 0) is 31.9 Å². The Kier molecular flexibility index (Phi) is 4.62. The van der Waals surface area contributed by atoms with Gasteiger partial charge in [0.05, 0.1) is 16.1 Å². The molecular weight excluding hydrogens is 315 g/mol. The van der Waals surface area contributed by atoms with Crippen LogP contribution in [0.4, 0.5) is 4.39 Å². The average molecular weight is 332 g/mol. The lowest BCUT2D eigenvalue weighted by Crippen LogP contribution is -2.40. The van der Waals surface area contributed by atoms with Gasteiger partial charge >= 0.3 is 0 Å². The quantitative estimate of drug-likeness (QED) is 0.795. The second kappa shape index (κ2) is 5.96. The Labute approximate surface area is 128 Å². The number of nitrogens with one attached hydrogen (secondary N) is 1. The van der Waals surface area contributed by atoms with Crippen LogP contribution < -0.4 is 10.5 Å². The molecule has 0 amide bonds. The van der Waals surface area contributed by atoms with Crippen molar-refractivity contribution in [1.29, 1.82) is 0 Å². The van der Waals surface area contributed by atoms with Crippen molar-refractivity contribution < 1.29 is 17.5 Å². The van der Waals surface area contributed by atoms with Crippen LogP contribution in [0.3, 0.4) is 0 Å². The summed E-state index contributed by atoms with van der Waals surface area (Å²) in [5.74, 6) is -0.756. The van der Waals surface area contributed by atoms with E-state index in [0.29, 0.717) is 6.61 Å². The maximum absolute atomic E-state index is 13.8. The number of benzene rings is 1. The summed E-state index contributed by atoms with van der Waals surface area (Å²) >= 11 is 4.74. The van der Waals surface area contributed by atoms with Gasteiger partial charge in [-0.3, -0.25) is 0 Å². The summed E-state index contributed by atoms with van der Waals surface area (Å²) in [6, 6.07) is 3.70. The largest absolute Gasteiger partial charge is 0.389 e. The minimum atomic E-state index is -3.92. The molecular formula is C13H17FN2O3S2.